The van der Waals surface area contributed by atoms with Crippen LogP contribution in [-0.4, -0.2) is 67.1 Å². The van der Waals surface area contributed by atoms with Crippen LogP contribution in [0.15, 0.2) is 79.4 Å². The van der Waals surface area contributed by atoms with E-state index in [1.54, 1.807) is 11.1 Å². The summed E-state index contributed by atoms with van der Waals surface area (Å²) in [5, 5.41) is 5.01. The van der Waals surface area contributed by atoms with E-state index in [9.17, 15) is 9.59 Å². The Morgan fingerprint density at radius 3 is 2.21 bits per heavy atom. The molecule has 0 bridgehead atoms. The van der Waals surface area contributed by atoms with E-state index in [2.05, 4.69) is 92.0 Å². The summed E-state index contributed by atoms with van der Waals surface area (Å²) in [5.41, 5.74) is 3.36. The first-order valence-electron chi connectivity index (χ1n) is 17.4. The monoisotopic (exact) mass is 645 g/mol. The minimum Gasteiger partial charge on any atom is -0.391 e. The van der Waals surface area contributed by atoms with Crippen molar-refractivity contribution in [2.45, 2.75) is 58.2 Å². The molecule has 1 N–H and O–H groups in total. The van der Waals surface area contributed by atoms with Gasteiger partial charge in [0.25, 0.3) is 0 Å². The van der Waals surface area contributed by atoms with E-state index in [-0.39, 0.29) is 24.0 Å². The molecule has 4 atom stereocenters. The first-order valence-corrected chi connectivity index (χ1v) is 17.4. The maximum atomic E-state index is 13.6. The summed E-state index contributed by atoms with van der Waals surface area (Å²) in [5.74, 6) is 1.90. The summed E-state index contributed by atoms with van der Waals surface area (Å²) in [7, 11) is 0. The van der Waals surface area contributed by atoms with Crippen molar-refractivity contribution in [1.29, 1.82) is 0 Å². The van der Waals surface area contributed by atoms with Crippen molar-refractivity contribution in [1.82, 2.24) is 28.9 Å². The van der Waals surface area contributed by atoms with Crippen LogP contribution in [0.25, 0.3) is 21.8 Å². The van der Waals surface area contributed by atoms with E-state index in [0.29, 0.717) is 42.7 Å². The summed E-state index contributed by atoms with van der Waals surface area (Å²) in [6, 6.07) is 19.0. The Bertz CT molecular complexity index is 1950. The fourth-order valence-electron chi connectivity index (χ4n) is 7.55. The van der Waals surface area contributed by atoms with Crippen LogP contribution < -0.4 is 10.1 Å². The lowest BCUT2D eigenvalue weighted by Gasteiger charge is -2.38. The molecule has 3 aliphatic rings. The fraction of sp³-hybridized carbons (Fsp3) is 0.421. The second kappa shape index (κ2) is 12.7. The van der Waals surface area contributed by atoms with Crippen molar-refractivity contribution in [3.8, 4) is 5.88 Å². The van der Waals surface area contributed by atoms with Crippen LogP contribution in [0.5, 0.6) is 5.88 Å². The Labute approximate surface area is 280 Å². The molecule has 10 heteroatoms. The zero-order valence-corrected chi connectivity index (χ0v) is 27.7. The number of carbonyl (C=O) groups is 2. The molecule has 6 heterocycles. The molecule has 10 nitrogen and oxygen atoms in total. The van der Waals surface area contributed by atoms with E-state index >= 15 is 0 Å². The van der Waals surface area contributed by atoms with Crippen LogP contribution in [0.3, 0.4) is 0 Å². The zero-order chi connectivity index (χ0) is 32.8. The molecule has 1 aromatic carbocycles. The average molecular weight is 646 g/mol. The number of ether oxygens (including phenoxy) is 1. The number of likely N-dealkylation sites (tertiary alicyclic amines) is 2. The van der Waals surface area contributed by atoms with Gasteiger partial charge in [-0.25, -0.2) is 14.8 Å². The Hall–Kier alpha value is -4.70. The molecule has 5 aromatic rings. The van der Waals surface area contributed by atoms with Crippen LogP contribution in [0, 0.1) is 17.8 Å². The lowest BCUT2D eigenvalue weighted by molar-refractivity contribution is -0.117. The Kier molecular flexibility index (Phi) is 8.12. The molecule has 0 spiro atoms. The van der Waals surface area contributed by atoms with Gasteiger partial charge in [-0.2, -0.15) is 0 Å². The fourth-order valence-corrected chi connectivity index (χ4v) is 7.55. The van der Waals surface area contributed by atoms with Gasteiger partial charge in [0.2, 0.25) is 11.8 Å². The van der Waals surface area contributed by atoms with E-state index in [0.717, 1.165) is 67.1 Å². The first kappa shape index (κ1) is 30.6. The van der Waals surface area contributed by atoms with Crippen molar-refractivity contribution < 1.29 is 14.3 Å². The van der Waals surface area contributed by atoms with Gasteiger partial charge in [-0.1, -0.05) is 44.2 Å². The van der Waals surface area contributed by atoms with Gasteiger partial charge in [0, 0.05) is 85.8 Å². The molecule has 4 aromatic heterocycles. The van der Waals surface area contributed by atoms with Gasteiger partial charge in [0.05, 0.1) is 17.1 Å². The molecule has 1 saturated carbocycles. The van der Waals surface area contributed by atoms with Crippen molar-refractivity contribution >= 4 is 39.6 Å². The topological polar surface area (TPSA) is 97.5 Å². The first-order chi connectivity index (χ1) is 23.4. The molecule has 2 saturated heterocycles. The number of benzene rings is 1. The minimum absolute atomic E-state index is 0.0391. The van der Waals surface area contributed by atoms with Gasteiger partial charge in [-0.3, -0.25) is 9.69 Å². The SMILES string of the molecule is CC1CCN(Cc2ccccc2)CC1n1ccc2cnc(OC(=O)N3CCC(C)C(n4ccc5cnc(NC(=O)C6CC6)cc54)C3)cc21. The number of aromatic nitrogens is 4. The lowest BCUT2D eigenvalue weighted by atomic mass is 9.92. The third-order valence-electron chi connectivity index (χ3n) is 10.7. The number of carbonyl (C=O) groups excluding carboxylic acids is 2. The summed E-state index contributed by atoms with van der Waals surface area (Å²) >= 11 is 0. The predicted molar refractivity (Wildman–Crippen MR) is 186 cm³/mol. The van der Waals surface area contributed by atoms with E-state index in [1.807, 2.05) is 24.4 Å². The van der Waals surface area contributed by atoms with Crippen LogP contribution >= 0.6 is 0 Å². The van der Waals surface area contributed by atoms with Gasteiger partial charge in [0.15, 0.2) is 0 Å². The molecular formula is C38H43N7O3. The number of nitrogens with one attached hydrogen (secondary N) is 1. The number of rotatable bonds is 7. The van der Waals surface area contributed by atoms with Crippen molar-refractivity contribution in [3.63, 3.8) is 0 Å². The molecule has 48 heavy (non-hydrogen) atoms. The van der Waals surface area contributed by atoms with Crippen LogP contribution in [0.4, 0.5) is 10.6 Å². The van der Waals surface area contributed by atoms with E-state index in [4.69, 9.17) is 4.74 Å². The highest BCUT2D eigenvalue weighted by atomic mass is 16.6. The largest absolute Gasteiger partial charge is 0.416 e. The molecular weight excluding hydrogens is 602 g/mol. The predicted octanol–water partition coefficient (Wildman–Crippen LogP) is 6.90. The number of nitrogens with zero attached hydrogens (tertiary/aromatic N) is 6. The quantitative estimate of drug-likeness (QED) is 0.207. The average Bonchev–Trinajstić information content (AvgIpc) is 3.75. The maximum absolute atomic E-state index is 13.6. The lowest BCUT2D eigenvalue weighted by Crippen LogP contribution is -2.45. The van der Waals surface area contributed by atoms with Crippen LogP contribution in [0.1, 0.15) is 57.2 Å². The van der Waals surface area contributed by atoms with Crippen molar-refractivity contribution in [2.24, 2.45) is 17.8 Å². The molecule has 2 aliphatic heterocycles. The minimum atomic E-state index is -0.382. The number of amides is 2. The summed E-state index contributed by atoms with van der Waals surface area (Å²) in [6.07, 6.45) is 11.3. The van der Waals surface area contributed by atoms with E-state index < -0.39 is 0 Å². The Balaban J connectivity index is 0.974. The number of hydrogen-bond donors (Lipinski definition) is 1. The van der Waals surface area contributed by atoms with Gasteiger partial charge < -0.3 is 24.1 Å². The number of pyridine rings is 2. The zero-order valence-electron chi connectivity index (χ0n) is 27.7. The molecule has 1 aliphatic carbocycles. The second-order valence-electron chi connectivity index (χ2n) is 14.1. The van der Waals surface area contributed by atoms with Gasteiger partial charge >= 0.3 is 6.09 Å². The molecule has 8 rings (SSSR count). The molecule has 248 valence electrons. The smallest absolute Gasteiger partial charge is 0.391 e. The van der Waals surface area contributed by atoms with Gasteiger partial charge in [-0.05, 0) is 61.8 Å². The highest BCUT2D eigenvalue weighted by Crippen LogP contribution is 2.35. The van der Waals surface area contributed by atoms with E-state index in [1.165, 1.54) is 5.56 Å². The van der Waals surface area contributed by atoms with Crippen molar-refractivity contribution in [2.75, 3.05) is 31.5 Å². The van der Waals surface area contributed by atoms with Gasteiger partial charge in [-0.15, -0.1) is 0 Å². The molecule has 2 amide bonds. The summed E-state index contributed by atoms with van der Waals surface area (Å²) in [6.45, 7) is 8.69. The van der Waals surface area contributed by atoms with Crippen LogP contribution in [-0.2, 0) is 11.3 Å². The maximum Gasteiger partial charge on any atom is 0.416 e. The van der Waals surface area contributed by atoms with Crippen LogP contribution in [0.2, 0.25) is 0 Å². The Morgan fingerprint density at radius 2 is 1.48 bits per heavy atom. The highest BCUT2D eigenvalue weighted by molar-refractivity contribution is 5.95. The van der Waals surface area contributed by atoms with Gasteiger partial charge in [0.1, 0.15) is 5.82 Å². The molecule has 3 fully saturated rings. The summed E-state index contributed by atoms with van der Waals surface area (Å²) in [4.78, 5) is 39.3. The summed E-state index contributed by atoms with van der Waals surface area (Å²) < 4.78 is 10.5. The second-order valence-corrected chi connectivity index (χ2v) is 14.1. The normalized spacial score (nSPS) is 23.4. The highest BCUT2D eigenvalue weighted by Gasteiger charge is 2.33. The number of fused-ring (bicyclic) bond motifs is 2. The number of anilines is 1. The molecule has 4 unspecified atom stereocenters. The number of hydrogen-bond acceptors (Lipinski definition) is 6. The molecule has 0 radical (unpaired) electrons. The number of piperidine rings is 2. The third-order valence-corrected chi connectivity index (χ3v) is 10.7. The Morgan fingerprint density at radius 1 is 0.812 bits per heavy atom. The van der Waals surface area contributed by atoms with Crippen molar-refractivity contribution in [3.05, 3.63) is 84.9 Å². The standard InChI is InChI=1S/C38H43N7O3/c1-25-10-14-42(22-27-6-4-3-5-7-27)23-33(25)45-17-13-30-21-40-36(19-32(30)45)48-38(47)43-15-11-26(2)34(24-43)44-16-12-29-20-39-35(18-31(29)44)41-37(46)28-8-9-28/h3-7,12-13,16-21,25-26,28,33-34H,8-11,14-15,22-24H2,1-2H3,(H,39,41,46). The third kappa shape index (κ3) is 6.17.